The van der Waals surface area contributed by atoms with E-state index < -0.39 is 0 Å². The molecule has 1 aromatic heterocycles. The second-order valence-electron chi connectivity index (χ2n) is 5.82. The zero-order valence-corrected chi connectivity index (χ0v) is 12.1. The van der Waals surface area contributed by atoms with Gasteiger partial charge in [-0.2, -0.15) is 0 Å². The molecule has 4 nitrogen and oxygen atoms in total. The van der Waals surface area contributed by atoms with Crippen LogP contribution in [0.15, 0.2) is 28.7 Å². The molecule has 108 valence electrons. The summed E-state index contributed by atoms with van der Waals surface area (Å²) in [7, 11) is 0. The third-order valence-electron chi connectivity index (χ3n) is 2.77. The molecule has 2 rings (SSSR count). The molecule has 0 saturated carbocycles. The summed E-state index contributed by atoms with van der Waals surface area (Å²) in [6, 6.07) is 6.31. The van der Waals surface area contributed by atoms with Crippen molar-refractivity contribution in [1.82, 2.24) is 15.5 Å². The minimum absolute atomic E-state index is 0.0803. The van der Waals surface area contributed by atoms with E-state index in [-0.39, 0.29) is 11.4 Å². The van der Waals surface area contributed by atoms with Crippen molar-refractivity contribution < 1.29 is 8.81 Å². The fourth-order valence-electron chi connectivity index (χ4n) is 1.78. The fraction of sp³-hybridized carbons (Fsp3) is 0.467. The van der Waals surface area contributed by atoms with E-state index in [9.17, 15) is 4.39 Å². The van der Waals surface area contributed by atoms with Crippen LogP contribution in [0.5, 0.6) is 0 Å². The predicted octanol–water partition coefficient (Wildman–Crippen LogP) is 2.73. The van der Waals surface area contributed by atoms with Crippen molar-refractivity contribution in [2.45, 2.75) is 39.2 Å². The molecule has 20 heavy (non-hydrogen) atoms. The molecule has 0 radical (unpaired) electrons. The predicted molar refractivity (Wildman–Crippen MR) is 75.0 cm³/mol. The van der Waals surface area contributed by atoms with E-state index in [1.807, 2.05) is 0 Å². The number of aromatic nitrogens is 2. The standard InChI is InChI=1S/C15H20FN3O/c1-15(2,3)17-9-8-13-18-19-14(20-13)10-11-4-6-12(16)7-5-11/h4-7,17H,8-10H2,1-3H3. The van der Waals surface area contributed by atoms with Gasteiger partial charge in [0.2, 0.25) is 11.8 Å². The Morgan fingerprint density at radius 1 is 1.10 bits per heavy atom. The average Bonchev–Trinajstić information content (AvgIpc) is 2.78. The Labute approximate surface area is 118 Å². The lowest BCUT2D eigenvalue weighted by Gasteiger charge is -2.19. The first-order chi connectivity index (χ1) is 9.42. The topological polar surface area (TPSA) is 51.0 Å². The molecule has 0 fully saturated rings. The number of nitrogens with one attached hydrogen (secondary N) is 1. The highest BCUT2D eigenvalue weighted by Gasteiger charge is 2.10. The molecule has 0 bridgehead atoms. The molecule has 1 aromatic carbocycles. The van der Waals surface area contributed by atoms with E-state index in [1.54, 1.807) is 12.1 Å². The summed E-state index contributed by atoms with van der Waals surface area (Å²) in [5.41, 5.74) is 1.03. The van der Waals surface area contributed by atoms with Gasteiger partial charge in [-0.25, -0.2) is 4.39 Å². The largest absolute Gasteiger partial charge is 0.425 e. The Hall–Kier alpha value is -1.75. The summed E-state index contributed by atoms with van der Waals surface area (Å²) in [6.45, 7) is 7.13. The quantitative estimate of drug-likeness (QED) is 0.913. The van der Waals surface area contributed by atoms with Crippen LogP contribution in [0.25, 0.3) is 0 Å². The number of benzene rings is 1. The molecule has 0 aliphatic heterocycles. The number of nitrogens with zero attached hydrogens (tertiary/aromatic N) is 2. The molecule has 5 heteroatoms. The Bertz CT molecular complexity index is 543. The number of hydrogen-bond acceptors (Lipinski definition) is 4. The Morgan fingerprint density at radius 3 is 2.40 bits per heavy atom. The lowest BCUT2D eigenvalue weighted by molar-refractivity contribution is 0.403. The van der Waals surface area contributed by atoms with E-state index in [2.05, 4.69) is 36.3 Å². The molecule has 0 atom stereocenters. The van der Waals surface area contributed by atoms with Crippen LogP contribution < -0.4 is 5.32 Å². The second-order valence-corrected chi connectivity index (χ2v) is 5.82. The van der Waals surface area contributed by atoms with Crippen molar-refractivity contribution in [2.75, 3.05) is 6.54 Å². The van der Waals surface area contributed by atoms with Crippen LogP contribution in [0.1, 0.15) is 38.1 Å². The van der Waals surface area contributed by atoms with Gasteiger partial charge in [-0.1, -0.05) is 12.1 Å². The van der Waals surface area contributed by atoms with Crippen molar-refractivity contribution in [3.63, 3.8) is 0 Å². The maximum absolute atomic E-state index is 12.8. The maximum atomic E-state index is 12.8. The monoisotopic (exact) mass is 277 g/mol. The van der Waals surface area contributed by atoms with E-state index in [1.165, 1.54) is 12.1 Å². The highest BCUT2D eigenvalue weighted by molar-refractivity contribution is 5.18. The first kappa shape index (κ1) is 14.7. The molecule has 0 saturated heterocycles. The smallest absolute Gasteiger partial charge is 0.220 e. The molecule has 1 N–H and O–H groups in total. The molecule has 0 unspecified atom stereocenters. The summed E-state index contributed by atoms with van der Waals surface area (Å²) in [4.78, 5) is 0. The van der Waals surface area contributed by atoms with Gasteiger partial charge in [0.15, 0.2) is 0 Å². The van der Waals surface area contributed by atoms with Crippen molar-refractivity contribution in [3.05, 3.63) is 47.4 Å². The Morgan fingerprint density at radius 2 is 1.75 bits per heavy atom. The second kappa shape index (κ2) is 6.13. The minimum Gasteiger partial charge on any atom is -0.425 e. The molecule has 0 aliphatic rings. The first-order valence-electron chi connectivity index (χ1n) is 6.73. The van der Waals surface area contributed by atoms with Gasteiger partial charge in [0.05, 0.1) is 6.42 Å². The first-order valence-corrected chi connectivity index (χ1v) is 6.73. The minimum atomic E-state index is -0.242. The van der Waals surface area contributed by atoms with Gasteiger partial charge in [0.1, 0.15) is 5.82 Å². The van der Waals surface area contributed by atoms with Crippen LogP contribution in [0.3, 0.4) is 0 Å². The van der Waals surface area contributed by atoms with Crippen LogP contribution in [-0.4, -0.2) is 22.3 Å². The zero-order valence-electron chi connectivity index (χ0n) is 12.1. The van der Waals surface area contributed by atoms with E-state index in [0.29, 0.717) is 24.6 Å². The SMILES string of the molecule is CC(C)(C)NCCc1nnc(Cc2ccc(F)cc2)o1. The summed E-state index contributed by atoms with van der Waals surface area (Å²) >= 11 is 0. The Balaban J connectivity index is 1.87. The van der Waals surface area contributed by atoms with Crippen molar-refractivity contribution >= 4 is 0 Å². The van der Waals surface area contributed by atoms with Crippen LogP contribution in [-0.2, 0) is 12.8 Å². The molecule has 2 aromatic rings. The molecule has 0 spiro atoms. The van der Waals surface area contributed by atoms with Gasteiger partial charge in [0, 0.05) is 18.5 Å². The van der Waals surface area contributed by atoms with Crippen LogP contribution in [0, 0.1) is 5.82 Å². The van der Waals surface area contributed by atoms with Gasteiger partial charge in [-0.15, -0.1) is 10.2 Å². The fourth-order valence-corrected chi connectivity index (χ4v) is 1.78. The number of rotatable bonds is 5. The lowest BCUT2D eigenvalue weighted by atomic mass is 10.1. The van der Waals surface area contributed by atoms with E-state index in [4.69, 9.17) is 4.42 Å². The van der Waals surface area contributed by atoms with Crippen molar-refractivity contribution in [3.8, 4) is 0 Å². The summed E-state index contributed by atoms with van der Waals surface area (Å²) in [5.74, 6) is 0.939. The number of halogens is 1. The molecule has 0 amide bonds. The van der Waals surface area contributed by atoms with Gasteiger partial charge in [-0.3, -0.25) is 0 Å². The summed E-state index contributed by atoms with van der Waals surface area (Å²) < 4.78 is 18.4. The molecule has 1 heterocycles. The van der Waals surface area contributed by atoms with Crippen molar-refractivity contribution in [1.29, 1.82) is 0 Å². The molecule has 0 aliphatic carbocycles. The third kappa shape index (κ3) is 4.74. The maximum Gasteiger partial charge on any atom is 0.220 e. The third-order valence-corrected chi connectivity index (χ3v) is 2.77. The van der Waals surface area contributed by atoms with Gasteiger partial charge >= 0.3 is 0 Å². The Kier molecular flexibility index (Phi) is 4.49. The number of hydrogen-bond donors (Lipinski definition) is 1. The van der Waals surface area contributed by atoms with E-state index >= 15 is 0 Å². The van der Waals surface area contributed by atoms with Gasteiger partial charge in [0.25, 0.3) is 0 Å². The van der Waals surface area contributed by atoms with Gasteiger partial charge < -0.3 is 9.73 Å². The average molecular weight is 277 g/mol. The zero-order chi connectivity index (χ0) is 14.6. The molecular weight excluding hydrogens is 257 g/mol. The van der Waals surface area contributed by atoms with Crippen LogP contribution in [0.2, 0.25) is 0 Å². The van der Waals surface area contributed by atoms with Crippen molar-refractivity contribution in [2.24, 2.45) is 0 Å². The molecular formula is C15H20FN3O. The van der Waals surface area contributed by atoms with Crippen LogP contribution in [0.4, 0.5) is 4.39 Å². The highest BCUT2D eigenvalue weighted by atomic mass is 19.1. The normalized spacial score (nSPS) is 11.8. The highest BCUT2D eigenvalue weighted by Crippen LogP contribution is 2.10. The lowest BCUT2D eigenvalue weighted by Crippen LogP contribution is -2.37. The van der Waals surface area contributed by atoms with Gasteiger partial charge in [-0.05, 0) is 38.5 Å². The van der Waals surface area contributed by atoms with E-state index in [0.717, 1.165) is 12.1 Å². The summed E-state index contributed by atoms with van der Waals surface area (Å²) in [6.07, 6.45) is 1.23. The summed E-state index contributed by atoms with van der Waals surface area (Å²) in [5, 5.41) is 11.4. The van der Waals surface area contributed by atoms with Crippen LogP contribution >= 0.6 is 0 Å².